The van der Waals surface area contributed by atoms with Crippen molar-refractivity contribution < 1.29 is 14.3 Å². The van der Waals surface area contributed by atoms with Crippen LogP contribution in [0.25, 0.3) is 5.69 Å². The average Bonchev–Trinajstić information content (AvgIpc) is 2.83. The summed E-state index contributed by atoms with van der Waals surface area (Å²) in [6, 6.07) is 9.25. The molecule has 0 unspecified atom stereocenters. The number of hydrogen-bond acceptors (Lipinski definition) is 4. The topological polar surface area (TPSA) is 53.4 Å². The standard InChI is InChI=1S/C14H15IN2O3/c1-3-19-11-7-5-10(6-8-11)17-13(15)9-12(16-17)14(18)20-4-2/h5-9H,3-4H2,1-2H3. The van der Waals surface area contributed by atoms with Crippen molar-refractivity contribution in [1.82, 2.24) is 9.78 Å². The third kappa shape index (κ3) is 3.30. The van der Waals surface area contributed by atoms with Gasteiger partial charge in [-0.15, -0.1) is 0 Å². The molecule has 0 aliphatic carbocycles. The number of halogens is 1. The van der Waals surface area contributed by atoms with E-state index in [0.29, 0.717) is 18.9 Å². The van der Waals surface area contributed by atoms with Crippen molar-refractivity contribution in [2.75, 3.05) is 13.2 Å². The average molecular weight is 386 g/mol. The summed E-state index contributed by atoms with van der Waals surface area (Å²) in [5.41, 5.74) is 1.18. The maximum atomic E-state index is 11.7. The fraction of sp³-hybridized carbons (Fsp3) is 0.286. The van der Waals surface area contributed by atoms with Gasteiger partial charge in [0, 0.05) is 6.07 Å². The van der Waals surface area contributed by atoms with Crippen LogP contribution in [0.15, 0.2) is 30.3 Å². The third-order valence-corrected chi connectivity index (χ3v) is 3.31. The maximum Gasteiger partial charge on any atom is 0.358 e. The number of esters is 1. The molecule has 0 aliphatic heterocycles. The number of nitrogens with zero attached hydrogens (tertiary/aromatic N) is 2. The Balaban J connectivity index is 2.26. The normalized spacial score (nSPS) is 10.3. The highest BCUT2D eigenvalue weighted by Crippen LogP contribution is 2.18. The molecule has 5 nitrogen and oxygen atoms in total. The monoisotopic (exact) mass is 386 g/mol. The molecule has 0 bridgehead atoms. The predicted octanol–water partition coefficient (Wildman–Crippen LogP) is 3.05. The molecule has 0 saturated heterocycles. The van der Waals surface area contributed by atoms with Gasteiger partial charge in [0.2, 0.25) is 0 Å². The van der Waals surface area contributed by atoms with Crippen LogP contribution in [-0.4, -0.2) is 29.0 Å². The lowest BCUT2D eigenvalue weighted by Crippen LogP contribution is -2.06. The Morgan fingerprint density at radius 2 is 1.95 bits per heavy atom. The summed E-state index contributed by atoms with van der Waals surface area (Å²) in [4.78, 5) is 11.7. The van der Waals surface area contributed by atoms with E-state index < -0.39 is 5.97 Å². The number of rotatable bonds is 5. The predicted molar refractivity (Wildman–Crippen MR) is 83.4 cm³/mol. The van der Waals surface area contributed by atoms with Crippen LogP contribution >= 0.6 is 22.6 Å². The molecule has 1 aromatic carbocycles. The zero-order valence-electron chi connectivity index (χ0n) is 11.3. The molecule has 106 valence electrons. The Morgan fingerprint density at radius 3 is 2.55 bits per heavy atom. The second-order valence-corrected chi connectivity index (χ2v) is 5.02. The molecule has 0 saturated carbocycles. The van der Waals surface area contributed by atoms with Gasteiger partial charge in [-0.2, -0.15) is 5.10 Å². The van der Waals surface area contributed by atoms with Crippen LogP contribution in [-0.2, 0) is 4.74 Å². The van der Waals surface area contributed by atoms with Gasteiger partial charge < -0.3 is 9.47 Å². The van der Waals surface area contributed by atoms with Gasteiger partial charge in [0.25, 0.3) is 0 Å². The van der Waals surface area contributed by atoms with Crippen LogP contribution in [0.2, 0.25) is 0 Å². The van der Waals surface area contributed by atoms with Crippen molar-refractivity contribution in [3.8, 4) is 11.4 Å². The van der Waals surface area contributed by atoms with Crippen LogP contribution < -0.4 is 4.74 Å². The number of ether oxygens (including phenoxy) is 2. The van der Waals surface area contributed by atoms with E-state index in [1.807, 2.05) is 31.2 Å². The molecule has 0 atom stereocenters. The molecule has 1 aromatic heterocycles. The van der Waals surface area contributed by atoms with Gasteiger partial charge in [-0.1, -0.05) is 0 Å². The Kier molecular flexibility index (Phi) is 4.99. The molecule has 20 heavy (non-hydrogen) atoms. The van der Waals surface area contributed by atoms with Crippen LogP contribution in [0.3, 0.4) is 0 Å². The Morgan fingerprint density at radius 1 is 1.25 bits per heavy atom. The summed E-state index contributed by atoms with van der Waals surface area (Å²) in [6.07, 6.45) is 0. The maximum absolute atomic E-state index is 11.7. The Hall–Kier alpha value is -1.57. The van der Waals surface area contributed by atoms with Crippen LogP contribution in [0, 0.1) is 3.70 Å². The molecule has 2 rings (SSSR count). The van der Waals surface area contributed by atoms with E-state index in [-0.39, 0.29) is 0 Å². The molecule has 0 fully saturated rings. The smallest absolute Gasteiger partial charge is 0.358 e. The van der Waals surface area contributed by atoms with E-state index in [4.69, 9.17) is 9.47 Å². The number of aromatic nitrogens is 2. The highest BCUT2D eigenvalue weighted by atomic mass is 127. The first kappa shape index (κ1) is 14.8. The van der Waals surface area contributed by atoms with Gasteiger partial charge in [-0.25, -0.2) is 9.48 Å². The van der Waals surface area contributed by atoms with Gasteiger partial charge >= 0.3 is 5.97 Å². The van der Waals surface area contributed by atoms with E-state index in [0.717, 1.165) is 15.1 Å². The van der Waals surface area contributed by atoms with Crippen molar-refractivity contribution in [3.05, 3.63) is 39.7 Å². The molecular formula is C14H15IN2O3. The summed E-state index contributed by atoms with van der Waals surface area (Å²) >= 11 is 2.13. The quantitative estimate of drug-likeness (QED) is 0.586. The van der Waals surface area contributed by atoms with Gasteiger partial charge in [0.15, 0.2) is 5.69 Å². The molecule has 0 N–H and O–H groups in total. The van der Waals surface area contributed by atoms with E-state index in [2.05, 4.69) is 27.7 Å². The van der Waals surface area contributed by atoms with E-state index in [1.165, 1.54) is 0 Å². The summed E-state index contributed by atoms with van der Waals surface area (Å²) in [5.74, 6) is 0.402. The highest BCUT2D eigenvalue weighted by Gasteiger charge is 2.14. The van der Waals surface area contributed by atoms with Gasteiger partial charge in [-0.05, 0) is 60.7 Å². The fourth-order valence-corrected chi connectivity index (χ4v) is 2.38. The largest absolute Gasteiger partial charge is 0.494 e. The number of carbonyl (C=O) groups is 1. The molecule has 2 aromatic rings. The lowest BCUT2D eigenvalue weighted by atomic mass is 10.3. The van der Waals surface area contributed by atoms with Crippen LogP contribution in [0.5, 0.6) is 5.75 Å². The van der Waals surface area contributed by atoms with Gasteiger partial charge in [-0.3, -0.25) is 0 Å². The first-order valence-electron chi connectivity index (χ1n) is 6.31. The SMILES string of the molecule is CCOC(=O)c1cc(I)n(-c2ccc(OCC)cc2)n1. The lowest BCUT2D eigenvalue weighted by molar-refractivity contribution is 0.0519. The van der Waals surface area contributed by atoms with E-state index in [1.54, 1.807) is 17.7 Å². The van der Waals surface area contributed by atoms with Crippen LogP contribution in [0.1, 0.15) is 24.3 Å². The van der Waals surface area contributed by atoms with Crippen LogP contribution in [0.4, 0.5) is 0 Å². The molecule has 1 heterocycles. The Bertz CT molecular complexity index is 593. The number of carbonyl (C=O) groups excluding carboxylic acids is 1. The lowest BCUT2D eigenvalue weighted by Gasteiger charge is -2.06. The third-order valence-electron chi connectivity index (χ3n) is 2.54. The first-order chi connectivity index (χ1) is 9.65. The fourth-order valence-electron chi connectivity index (χ4n) is 1.69. The number of hydrogen-bond donors (Lipinski definition) is 0. The minimum absolute atomic E-state index is 0.310. The summed E-state index contributed by atoms with van der Waals surface area (Å²) in [7, 11) is 0. The zero-order chi connectivity index (χ0) is 14.5. The summed E-state index contributed by atoms with van der Waals surface area (Å²) in [5, 5.41) is 4.27. The molecule has 0 spiro atoms. The van der Waals surface area contributed by atoms with E-state index in [9.17, 15) is 4.79 Å². The second-order valence-electron chi connectivity index (χ2n) is 3.91. The number of benzene rings is 1. The van der Waals surface area contributed by atoms with Gasteiger partial charge in [0.1, 0.15) is 9.45 Å². The molecule has 0 amide bonds. The molecular weight excluding hydrogens is 371 g/mol. The minimum Gasteiger partial charge on any atom is -0.494 e. The Labute approximate surface area is 131 Å². The molecule has 6 heteroatoms. The summed E-state index contributed by atoms with van der Waals surface area (Å²) in [6.45, 7) is 4.68. The highest BCUT2D eigenvalue weighted by molar-refractivity contribution is 14.1. The van der Waals surface area contributed by atoms with Crippen molar-refractivity contribution in [3.63, 3.8) is 0 Å². The van der Waals surface area contributed by atoms with Crippen molar-refractivity contribution in [2.24, 2.45) is 0 Å². The minimum atomic E-state index is -0.407. The van der Waals surface area contributed by atoms with Gasteiger partial charge in [0.05, 0.1) is 18.9 Å². The molecule has 0 radical (unpaired) electrons. The van der Waals surface area contributed by atoms with Crippen molar-refractivity contribution in [2.45, 2.75) is 13.8 Å². The molecule has 0 aliphatic rings. The zero-order valence-corrected chi connectivity index (χ0v) is 13.5. The van der Waals surface area contributed by atoms with E-state index >= 15 is 0 Å². The van der Waals surface area contributed by atoms with Crippen molar-refractivity contribution in [1.29, 1.82) is 0 Å². The second kappa shape index (κ2) is 6.74. The first-order valence-corrected chi connectivity index (χ1v) is 7.39. The summed E-state index contributed by atoms with van der Waals surface area (Å²) < 4.78 is 12.9. The van der Waals surface area contributed by atoms with Crippen molar-refractivity contribution >= 4 is 28.6 Å².